The highest BCUT2D eigenvalue weighted by molar-refractivity contribution is 7.91. The van der Waals surface area contributed by atoms with Gasteiger partial charge in [0.1, 0.15) is 0 Å². The molecule has 0 unspecified atom stereocenters. The van der Waals surface area contributed by atoms with Gasteiger partial charge in [-0.15, -0.1) is 0 Å². The molecule has 2 N–H and O–H groups in total. The van der Waals surface area contributed by atoms with Crippen LogP contribution in [0.25, 0.3) is 0 Å². The van der Waals surface area contributed by atoms with Crippen molar-refractivity contribution >= 4 is 27.3 Å². The molecule has 10 heteroatoms. The van der Waals surface area contributed by atoms with E-state index in [0.717, 1.165) is 6.07 Å². The van der Waals surface area contributed by atoms with Gasteiger partial charge in [0, 0.05) is 13.0 Å². The molecule has 0 saturated carbocycles. The number of amides is 2. The van der Waals surface area contributed by atoms with E-state index in [1.54, 1.807) is 0 Å². The number of anilines is 1. The van der Waals surface area contributed by atoms with Gasteiger partial charge in [0.15, 0.2) is 5.76 Å². The van der Waals surface area contributed by atoms with Gasteiger partial charge in [-0.3, -0.25) is 9.59 Å². The SMILES string of the molecule is O=C(CCNC(=O)c1ccco1)Nc1ccccc1S(=O)(=O)C(F)F. The van der Waals surface area contributed by atoms with E-state index in [1.807, 2.05) is 0 Å². The predicted molar refractivity (Wildman–Crippen MR) is 83.9 cm³/mol. The van der Waals surface area contributed by atoms with Crippen molar-refractivity contribution in [1.29, 1.82) is 0 Å². The highest BCUT2D eigenvalue weighted by atomic mass is 32.2. The Morgan fingerprint density at radius 3 is 2.48 bits per heavy atom. The fourth-order valence-electron chi connectivity index (χ4n) is 1.91. The third-order valence-electron chi connectivity index (χ3n) is 3.08. The molecule has 1 aromatic carbocycles. The lowest BCUT2D eigenvalue weighted by molar-refractivity contribution is -0.116. The zero-order valence-corrected chi connectivity index (χ0v) is 13.6. The normalized spacial score (nSPS) is 11.3. The van der Waals surface area contributed by atoms with Crippen molar-refractivity contribution in [2.24, 2.45) is 0 Å². The molecule has 2 rings (SSSR count). The molecule has 0 spiro atoms. The van der Waals surface area contributed by atoms with Crippen LogP contribution in [0.1, 0.15) is 17.0 Å². The van der Waals surface area contributed by atoms with Crippen LogP contribution in [-0.2, 0) is 14.6 Å². The van der Waals surface area contributed by atoms with E-state index < -0.39 is 32.3 Å². The molecule has 134 valence electrons. The van der Waals surface area contributed by atoms with Crippen LogP contribution in [0.15, 0.2) is 52.0 Å². The first kappa shape index (κ1) is 18.6. The summed E-state index contributed by atoms with van der Waals surface area (Å²) in [4.78, 5) is 22.8. The number of para-hydroxylation sites is 1. The van der Waals surface area contributed by atoms with Gasteiger partial charge >= 0.3 is 5.76 Å². The quantitative estimate of drug-likeness (QED) is 0.774. The molecule has 0 atom stereocenters. The van der Waals surface area contributed by atoms with Crippen LogP contribution >= 0.6 is 0 Å². The van der Waals surface area contributed by atoms with Crippen LogP contribution in [0.3, 0.4) is 0 Å². The molecule has 0 bridgehead atoms. The number of nitrogens with one attached hydrogen (secondary N) is 2. The van der Waals surface area contributed by atoms with Crippen molar-refractivity contribution in [2.75, 3.05) is 11.9 Å². The first-order valence-corrected chi connectivity index (χ1v) is 8.59. The number of hydrogen-bond donors (Lipinski definition) is 2. The lowest BCUT2D eigenvalue weighted by atomic mass is 10.3. The number of benzene rings is 1. The molecule has 0 aliphatic carbocycles. The smallest absolute Gasteiger partial charge is 0.341 e. The number of hydrogen-bond acceptors (Lipinski definition) is 5. The Labute approximate surface area is 141 Å². The summed E-state index contributed by atoms with van der Waals surface area (Å²) >= 11 is 0. The van der Waals surface area contributed by atoms with Gasteiger partial charge in [0.25, 0.3) is 5.91 Å². The number of alkyl halides is 2. The van der Waals surface area contributed by atoms with Gasteiger partial charge in [-0.25, -0.2) is 8.42 Å². The van der Waals surface area contributed by atoms with E-state index in [1.165, 1.54) is 36.6 Å². The van der Waals surface area contributed by atoms with E-state index in [0.29, 0.717) is 0 Å². The van der Waals surface area contributed by atoms with Crippen molar-refractivity contribution in [3.8, 4) is 0 Å². The largest absolute Gasteiger partial charge is 0.459 e. The second-order valence-electron chi connectivity index (χ2n) is 4.83. The van der Waals surface area contributed by atoms with Crippen molar-refractivity contribution < 1.29 is 31.2 Å². The average Bonchev–Trinajstić information content (AvgIpc) is 3.09. The molecule has 1 aromatic heterocycles. The number of furan rings is 1. The number of sulfone groups is 1. The maximum Gasteiger partial charge on any atom is 0.341 e. The molecule has 0 fully saturated rings. The van der Waals surface area contributed by atoms with Crippen LogP contribution in [0.2, 0.25) is 0 Å². The van der Waals surface area contributed by atoms with Crippen molar-refractivity contribution in [3.63, 3.8) is 0 Å². The third-order valence-corrected chi connectivity index (χ3v) is 4.52. The second kappa shape index (κ2) is 7.88. The van der Waals surface area contributed by atoms with E-state index in [9.17, 15) is 26.8 Å². The summed E-state index contributed by atoms with van der Waals surface area (Å²) in [5, 5.41) is 4.69. The monoisotopic (exact) mass is 372 g/mol. The molecule has 7 nitrogen and oxygen atoms in total. The van der Waals surface area contributed by atoms with Crippen LogP contribution < -0.4 is 10.6 Å². The minimum Gasteiger partial charge on any atom is -0.459 e. The summed E-state index contributed by atoms with van der Waals surface area (Å²) in [6.45, 7) is -0.0465. The van der Waals surface area contributed by atoms with Crippen molar-refractivity contribution in [1.82, 2.24) is 5.32 Å². The molecule has 25 heavy (non-hydrogen) atoms. The zero-order chi connectivity index (χ0) is 18.4. The molecule has 1 heterocycles. The van der Waals surface area contributed by atoms with E-state index in [2.05, 4.69) is 10.6 Å². The maximum absolute atomic E-state index is 12.7. The molecule has 2 aromatic rings. The molecule has 2 amide bonds. The first-order chi connectivity index (χ1) is 11.8. The van der Waals surface area contributed by atoms with Crippen LogP contribution in [0.4, 0.5) is 14.5 Å². The topological polar surface area (TPSA) is 105 Å². The Bertz CT molecular complexity index is 851. The summed E-state index contributed by atoms with van der Waals surface area (Å²) in [6.07, 6.45) is 1.14. The highest BCUT2D eigenvalue weighted by Crippen LogP contribution is 2.26. The van der Waals surface area contributed by atoms with Crippen LogP contribution in [0, 0.1) is 0 Å². The summed E-state index contributed by atoms with van der Waals surface area (Å²) in [5.74, 6) is -4.68. The van der Waals surface area contributed by atoms with Gasteiger partial charge in [-0.1, -0.05) is 12.1 Å². The molecule has 0 radical (unpaired) electrons. The Kier molecular flexibility index (Phi) is 5.86. The standard InChI is InChI=1S/C15H14F2N2O5S/c16-15(17)25(22,23)12-6-2-1-4-10(12)19-13(20)7-8-18-14(21)11-5-3-9-24-11/h1-6,9,15H,7-8H2,(H,18,21)(H,19,20). The number of carbonyl (C=O) groups is 2. The van der Waals surface area contributed by atoms with Crippen LogP contribution in [-0.4, -0.2) is 32.5 Å². The van der Waals surface area contributed by atoms with Gasteiger partial charge in [-0.05, 0) is 24.3 Å². The summed E-state index contributed by atoms with van der Waals surface area (Å²) in [5.41, 5.74) is -0.245. The third kappa shape index (κ3) is 4.63. The van der Waals surface area contributed by atoms with Crippen molar-refractivity contribution in [3.05, 3.63) is 48.4 Å². The molecule has 0 saturated heterocycles. The van der Waals surface area contributed by atoms with Crippen LogP contribution in [0.5, 0.6) is 0 Å². The van der Waals surface area contributed by atoms with Gasteiger partial charge < -0.3 is 15.1 Å². The molecule has 0 aliphatic heterocycles. The summed E-state index contributed by atoms with van der Waals surface area (Å²) in [7, 11) is -4.85. The Balaban J connectivity index is 1.96. The lowest BCUT2D eigenvalue weighted by Crippen LogP contribution is -2.27. The zero-order valence-electron chi connectivity index (χ0n) is 12.7. The minimum atomic E-state index is -4.85. The molecular formula is C15H14F2N2O5S. The van der Waals surface area contributed by atoms with E-state index in [4.69, 9.17) is 4.42 Å². The first-order valence-electron chi connectivity index (χ1n) is 7.05. The number of carbonyl (C=O) groups excluding carboxylic acids is 2. The van der Waals surface area contributed by atoms with E-state index in [-0.39, 0.29) is 24.4 Å². The minimum absolute atomic E-state index is 0.0465. The number of rotatable bonds is 7. The molecular weight excluding hydrogens is 358 g/mol. The lowest BCUT2D eigenvalue weighted by Gasteiger charge is -2.11. The second-order valence-corrected chi connectivity index (χ2v) is 6.72. The molecule has 0 aliphatic rings. The fraction of sp³-hybridized carbons (Fsp3) is 0.200. The van der Waals surface area contributed by atoms with Gasteiger partial charge in [0.05, 0.1) is 16.8 Å². The predicted octanol–water partition coefficient (Wildman–Crippen LogP) is 2.03. The average molecular weight is 372 g/mol. The van der Waals surface area contributed by atoms with E-state index >= 15 is 0 Å². The summed E-state index contributed by atoms with van der Waals surface area (Å²) < 4.78 is 53.4. The van der Waals surface area contributed by atoms with Gasteiger partial charge in [0.2, 0.25) is 15.7 Å². The Morgan fingerprint density at radius 2 is 1.84 bits per heavy atom. The Morgan fingerprint density at radius 1 is 1.12 bits per heavy atom. The Hall–Kier alpha value is -2.75. The summed E-state index contributed by atoms with van der Waals surface area (Å²) in [6, 6.07) is 7.83. The number of halogens is 2. The van der Waals surface area contributed by atoms with Crippen molar-refractivity contribution in [2.45, 2.75) is 17.1 Å². The fourth-order valence-corrected chi connectivity index (χ4v) is 2.80. The van der Waals surface area contributed by atoms with Gasteiger partial charge in [-0.2, -0.15) is 8.78 Å². The maximum atomic E-state index is 12.7. The highest BCUT2D eigenvalue weighted by Gasteiger charge is 2.29.